The van der Waals surface area contributed by atoms with Crippen molar-refractivity contribution in [2.24, 2.45) is 9.98 Å². The van der Waals surface area contributed by atoms with Gasteiger partial charge in [0.05, 0.1) is 0 Å². The third-order valence-electron chi connectivity index (χ3n) is 10.0. The monoisotopic (exact) mass is 1000 g/mol. The number of nitrogens with zero attached hydrogens (tertiary/aromatic N) is 6. The van der Waals surface area contributed by atoms with Crippen LogP contribution in [0.4, 0.5) is 32.3 Å². The molecule has 2 saturated heterocycles. The van der Waals surface area contributed by atoms with Crippen molar-refractivity contribution in [2.45, 2.75) is 105 Å². The summed E-state index contributed by atoms with van der Waals surface area (Å²) in [6.07, 6.45) is -1.07. The highest BCUT2D eigenvalue weighted by Gasteiger charge is 2.26. The maximum Gasteiger partial charge on any atom is 0.414 e. The Hall–Kier alpha value is -7.38. The van der Waals surface area contributed by atoms with Crippen molar-refractivity contribution in [1.82, 2.24) is 20.4 Å². The van der Waals surface area contributed by atoms with Crippen LogP contribution in [0, 0.1) is 0 Å². The normalized spacial score (nSPS) is 14.5. The molecule has 5 rings (SSSR count). The average Bonchev–Trinajstić information content (AvgIpc) is 3.29. The van der Waals surface area contributed by atoms with Gasteiger partial charge in [-0.2, -0.15) is 0 Å². The number of rotatable bonds is 8. The van der Waals surface area contributed by atoms with E-state index in [1.165, 1.54) is 0 Å². The summed E-state index contributed by atoms with van der Waals surface area (Å²) in [5, 5.41) is 11.4. The number of ether oxygens (including phenoxy) is 4. The summed E-state index contributed by atoms with van der Waals surface area (Å²) >= 11 is 0. The first-order valence-electron chi connectivity index (χ1n) is 23.7. The third-order valence-corrected chi connectivity index (χ3v) is 10.0. The van der Waals surface area contributed by atoms with Crippen LogP contribution < -0.4 is 31.1 Å². The predicted octanol–water partition coefficient (Wildman–Crippen LogP) is 7.37. The minimum atomic E-state index is -0.601. The zero-order chi connectivity index (χ0) is 53.9. The molecule has 2 fully saturated rings. The topological polar surface area (TPSA) is 225 Å². The van der Waals surface area contributed by atoms with E-state index >= 15 is 0 Å². The second kappa shape index (κ2) is 26.7. The summed E-state index contributed by atoms with van der Waals surface area (Å²) in [4.78, 5) is 86.8. The number of hydrogen-bond acceptors (Lipinski definition) is 14. The molecule has 4 amide bonds. The van der Waals surface area contributed by atoms with E-state index < -0.39 is 23.4 Å². The summed E-state index contributed by atoms with van der Waals surface area (Å²) in [5.74, 6) is 0.380. The van der Waals surface area contributed by atoms with E-state index in [0.29, 0.717) is 73.5 Å². The van der Waals surface area contributed by atoms with Crippen molar-refractivity contribution in [2.75, 3.05) is 86.9 Å². The average molecular weight is 1000 g/mol. The Bertz CT molecular complexity index is 2130. The van der Waals surface area contributed by atoms with Crippen LogP contribution in [0.3, 0.4) is 0 Å². The molecule has 0 unspecified atom stereocenters. The molecule has 0 aromatic heterocycles. The van der Waals surface area contributed by atoms with Gasteiger partial charge in [0.2, 0.25) is 11.9 Å². The summed E-state index contributed by atoms with van der Waals surface area (Å²) in [7, 11) is 3.28. The number of alkyl carbamates (subject to hydrolysis) is 2. The van der Waals surface area contributed by atoms with E-state index in [1.54, 1.807) is 38.4 Å². The van der Waals surface area contributed by atoms with Gasteiger partial charge in [-0.05, 0) is 156 Å². The number of anilines is 4. The molecule has 394 valence electrons. The van der Waals surface area contributed by atoms with Gasteiger partial charge in [0.25, 0.3) is 24.8 Å². The molecule has 72 heavy (non-hydrogen) atoms. The van der Waals surface area contributed by atoms with E-state index in [2.05, 4.69) is 50.5 Å². The van der Waals surface area contributed by atoms with Gasteiger partial charge in [-0.25, -0.2) is 9.59 Å². The van der Waals surface area contributed by atoms with Gasteiger partial charge in [0.15, 0.2) is 0 Å². The van der Waals surface area contributed by atoms with Crippen LogP contribution >= 0.6 is 0 Å². The first-order chi connectivity index (χ1) is 33.6. The molecule has 2 aliphatic heterocycles. The van der Waals surface area contributed by atoms with Crippen molar-refractivity contribution >= 4 is 71.6 Å². The number of carbonyl (C=O) groups excluding carboxylic acids is 6. The molecular formula is C52H76N10O10. The second-order valence-electron chi connectivity index (χ2n) is 20.5. The Balaban J connectivity index is 0.000000853. The molecule has 20 nitrogen and oxygen atoms in total. The number of carbonyl (C=O) groups is 6. The SMILES string of the molecule is CC(C)(C)OC=O.CC(C)(C)OC=O.CN=C(NC(=O)OC(C)(C)C)N1CCN(c2ccc(NC(=O)c3ccc(C(=O)Nc4ccc(N5CCN(C(=NC)NC(=O)OC(C)(C)C)CC5)cc4)cc3)cc2)CC1. The van der Waals surface area contributed by atoms with Gasteiger partial charge < -0.3 is 49.2 Å². The fraction of sp³-hybridized carbons (Fsp3) is 0.500. The quantitative estimate of drug-likeness (QED) is 0.0749. The molecule has 0 saturated carbocycles. The Morgan fingerprint density at radius 3 is 0.972 bits per heavy atom. The van der Waals surface area contributed by atoms with Crippen molar-refractivity contribution < 1.29 is 47.7 Å². The van der Waals surface area contributed by atoms with Crippen LogP contribution in [0.2, 0.25) is 0 Å². The highest BCUT2D eigenvalue weighted by atomic mass is 16.6. The minimum absolute atomic E-state index is 0.286. The lowest BCUT2D eigenvalue weighted by molar-refractivity contribution is -0.139. The summed E-state index contributed by atoms with van der Waals surface area (Å²) in [6.45, 7) is 28.3. The molecule has 0 spiro atoms. The smallest absolute Gasteiger partial charge is 0.414 e. The van der Waals surface area contributed by atoms with Gasteiger partial charge in [-0.3, -0.25) is 39.8 Å². The third kappa shape index (κ3) is 21.7. The Labute approximate surface area is 424 Å². The lowest BCUT2D eigenvalue weighted by Gasteiger charge is -2.37. The molecule has 20 heteroatoms. The lowest BCUT2D eigenvalue weighted by atomic mass is 10.1. The van der Waals surface area contributed by atoms with E-state index in [1.807, 2.05) is 141 Å². The minimum Gasteiger partial charge on any atom is -0.462 e. The zero-order valence-corrected chi connectivity index (χ0v) is 44.5. The maximum absolute atomic E-state index is 13.1. The molecule has 0 radical (unpaired) electrons. The van der Waals surface area contributed by atoms with Gasteiger partial charge >= 0.3 is 12.2 Å². The largest absolute Gasteiger partial charge is 0.462 e. The molecule has 0 aliphatic carbocycles. The zero-order valence-electron chi connectivity index (χ0n) is 44.5. The first-order valence-corrected chi connectivity index (χ1v) is 23.7. The van der Waals surface area contributed by atoms with Crippen molar-refractivity contribution in [1.29, 1.82) is 0 Å². The van der Waals surface area contributed by atoms with Crippen LogP contribution in [0.5, 0.6) is 0 Å². The molecule has 2 heterocycles. The van der Waals surface area contributed by atoms with Crippen LogP contribution in [0.15, 0.2) is 82.8 Å². The lowest BCUT2D eigenvalue weighted by Crippen LogP contribution is -2.54. The van der Waals surface area contributed by atoms with E-state index in [0.717, 1.165) is 37.6 Å². The predicted molar refractivity (Wildman–Crippen MR) is 282 cm³/mol. The van der Waals surface area contributed by atoms with Crippen LogP contribution in [0.1, 0.15) is 104 Å². The van der Waals surface area contributed by atoms with Gasteiger partial charge in [0, 0.05) is 100 Å². The Morgan fingerprint density at radius 2 is 0.750 bits per heavy atom. The maximum atomic E-state index is 13.1. The number of piperazine rings is 2. The molecule has 3 aromatic carbocycles. The highest BCUT2D eigenvalue weighted by molar-refractivity contribution is 6.07. The highest BCUT2D eigenvalue weighted by Crippen LogP contribution is 2.23. The van der Waals surface area contributed by atoms with Crippen LogP contribution in [0.25, 0.3) is 0 Å². The number of guanidine groups is 2. The first kappa shape index (κ1) is 58.9. The van der Waals surface area contributed by atoms with Crippen molar-refractivity contribution in [3.8, 4) is 0 Å². The number of aliphatic imine (C=N–C) groups is 2. The summed E-state index contributed by atoms with van der Waals surface area (Å²) in [5.41, 5.74) is 2.34. The van der Waals surface area contributed by atoms with Gasteiger partial charge in [0.1, 0.15) is 22.4 Å². The van der Waals surface area contributed by atoms with Gasteiger partial charge in [-0.15, -0.1) is 0 Å². The van der Waals surface area contributed by atoms with Crippen molar-refractivity contribution in [3.05, 3.63) is 83.9 Å². The molecule has 3 aromatic rings. The van der Waals surface area contributed by atoms with E-state index in [4.69, 9.17) is 9.47 Å². The summed E-state index contributed by atoms with van der Waals surface area (Å²) in [6, 6.07) is 21.8. The molecule has 4 N–H and O–H groups in total. The number of nitrogens with one attached hydrogen (secondary N) is 4. The van der Waals surface area contributed by atoms with Crippen LogP contribution in [-0.4, -0.2) is 148 Å². The van der Waals surface area contributed by atoms with Crippen molar-refractivity contribution in [3.63, 3.8) is 0 Å². The molecule has 0 atom stereocenters. The fourth-order valence-electron chi connectivity index (χ4n) is 6.67. The summed E-state index contributed by atoms with van der Waals surface area (Å²) < 4.78 is 19.8. The standard InChI is InChI=1S/C42H56N10O6.2C5H10O2/c1-41(2,3)57-39(55)47-37(43-7)51-25-21-49(22-26-51)33-17-13-31(14-18-33)45-35(53)29-9-11-30(12-10-29)36(54)46-32-15-19-34(20-16-32)50-23-27-52(28-24-50)38(44-8)48-40(56)58-42(4,5)6;2*1-5(2,3)7-4-6/h9-20H,21-28H2,1-8H3,(H,45,53)(H,46,54)(H,43,47,55)(H,44,48,56);2*4H,1-3H3. The van der Waals surface area contributed by atoms with E-state index in [-0.39, 0.29) is 23.0 Å². The Kier molecular flexibility index (Phi) is 21.9. The fourth-order valence-corrected chi connectivity index (χ4v) is 6.67. The Morgan fingerprint density at radius 1 is 0.458 bits per heavy atom. The number of amides is 4. The van der Waals surface area contributed by atoms with Gasteiger partial charge in [-0.1, -0.05) is 0 Å². The molecule has 0 bridgehead atoms. The van der Waals surface area contributed by atoms with E-state index in [9.17, 15) is 28.8 Å². The molecular weight excluding hydrogens is 925 g/mol. The number of hydrogen-bond donors (Lipinski definition) is 4. The molecule has 2 aliphatic rings. The second-order valence-corrected chi connectivity index (χ2v) is 20.5. The number of benzene rings is 3. The van der Waals surface area contributed by atoms with Crippen LogP contribution in [-0.2, 0) is 28.5 Å².